The molecule has 0 aromatic heterocycles. The van der Waals surface area contributed by atoms with Gasteiger partial charge in [-0.05, 0) is 25.0 Å². The largest absolute Gasteiger partial charge is 0.497 e. The summed E-state index contributed by atoms with van der Waals surface area (Å²) >= 11 is 0. The highest BCUT2D eigenvalue weighted by atomic mass is 16.5. The lowest BCUT2D eigenvalue weighted by molar-refractivity contribution is -0.151. The highest BCUT2D eigenvalue weighted by Crippen LogP contribution is 2.28. The van der Waals surface area contributed by atoms with E-state index in [0.717, 1.165) is 19.3 Å². The number of carbonyl (C=O) groups excluding carboxylic acids is 3. The molecule has 0 spiro atoms. The average Bonchev–Trinajstić information content (AvgIpc) is 2.84. The predicted molar refractivity (Wildman–Crippen MR) is 94.2 cm³/mol. The molecule has 1 aliphatic rings. The number of nitrogens with zero attached hydrogens (tertiary/aromatic N) is 1. The number of amides is 2. The van der Waals surface area contributed by atoms with Crippen molar-refractivity contribution >= 4 is 23.5 Å². The second-order valence-corrected chi connectivity index (χ2v) is 5.90. The first-order chi connectivity index (χ1) is 12.5. The Hall–Kier alpha value is -2.77. The Morgan fingerprint density at radius 3 is 2.69 bits per heavy atom. The third-order valence-corrected chi connectivity index (χ3v) is 4.04. The highest BCUT2D eigenvalue weighted by molar-refractivity contribution is 5.94. The zero-order valence-electron chi connectivity index (χ0n) is 15.1. The molecular formula is C18H24N2O6. The summed E-state index contributed by atoms with van der Waals surface area (Å²) in [5.41, 5.74) is 0.442. The van der Waals surface area contributed by atoms with E-state index in [1.807, 2.05) is 0 Å². The molecule has 142 valence electrons. The van der Waals surface area contributed by atoms with E-state index in [1.165, 1.54) is 19.1 Å². The van der Waals surface area contributed by atoms with E-state index >= 15 is 0 Å². The first-order valence-electron chi connectivity index (χ1n) is 8.48. The number of likely N-dealkylation sites (tertiary alicyclic amines) is 1. The predicted octanol–water partition coefficient (Wildman–Crippen LogP) is 1.59. The van der Waals surface area contributed by atoms with Gasteiger partial charge in [-0.2, -0.15) is 0 Å². The van der Waals surface area contributed by atoms with Gasteiger partial charge in [-0.15, -0.1) is 0 Å². The van der Waals surface area contributed by atoms with Gasteiger partial charge in [0.2, 0.25) is 5.91 Å². The summed E-state index contributed by atoms with van der Waals surface area (Å²) in [5, 5.41) is 2.61. The zero-order chi connectivity index (χ0) is 18.9. The third-order valence-electron chi connectivity index (χ3n) is 4.04. The molecule has 1 N–H and O–H groups in total. The van der Waals surface area contributed by atoms with Crippen molar-refractivity contribution in [3.63, 3.8) is 0 Å². The molecule has 1 aromatic carbocycles. The third kappa shape index (κ3) is 5.65. The minimum Gasteiger partial charge on any atom is -0.497 e. The lowest BCUT2D eigenvalue weighted by Crippen LogP contribution is -2.36. The minimum atomic E-state index is -0.600. The molecule has 0 aliphatic carbocycles. The van der Waals surface area contributed by atoms with Crippen LogP contribution in [0.3, 0.4) is 0 Å². The van der Waals surface area contributed by atoms with Crippen LogP contribution < -0.4 is 14.8 Å². The first-order valence-corrected chi connectivity index (χ1v) is 8.48. The van der Waals surface area contributed by atoms with Crippen molar-refractivity contribution in [1.29, 1.82) is 0 Å². The van der Waals surface area contributed by atoms with Gasteiger partial charge in [0.15, 0.2) is 6.61 Å². The smallest absolute Gasteiger partial charge is 0.326 e. The maximum atomic E-state index is 12.0. The van der Waals surface area contributed by atoms with Crippen LogP contribution in [-0.2, 0) is 19.1 Å². The standard InChI is InChI=1S/C18H24N2O6/c1-24-13-7-8-14(15(10-13)25-2)19-16(21)12-26-18(23)11-20-9-5-3-4-6-17(20)22/h7-8,10H,3-6,9,11-12H2,1-2H3,(H,19,21). The van der Waals surface area contributed by atoms with E-state index in [-0.39, 0.29) is 12.5 Å². The monoisotopic (exact) mass is 364 g/mol. The van der Waals surface area contributed by atoms with Gasteiger partial charge in [0.1, 0.15) is 18.0 Å². The van der Waals surface area contributed by atoms with E-state index < -0.39 is 18.5 Å². The van der Waals surface area contributed by atoms with Gasteiger partial charge in [-0.1, -0.05) is 6.42 Å². The summed E-state index contributed by atoms with van der Waals surface area (Å²) in [7, 11) is 3.00. The van der Waals surface area contributed by atoms with Crippen LogP contribution >= 0.6 is 0 Å². The van der Waals surface area contributed by atoms with Crippen molar-refractivity contribution in [3.05, 3.63) is 18.2 Å². The average molecular weight is 364 g/mol. The van der Waals surface area contributed by atoms with Crippen LogP contribution in [0.2, 0.25) is 0 Å². The summed E-state index contributed by atoms with van der Waals surface area (Å²) in [6.07, 6.45) is 3.14. The Labute approximate surface area is 152 Å². The van der Waals surface area contributed by atoms with Gasteiger partial charge < -0.3 is 24.4 Å². The Morgan fingerprint density at radius 2 is 1.96 bits per heavy atom. The van der Waals surface area contributed by atoms with Crippen LogP contribution in [0.15, 0.2) is 18.2 Å². The molecule has 0 unspecified atom stereocenters. The van der Waals surface area contributed by atoms with Crippen molar-refractivity contribution in [1.82, 2.24) is 4.90 Å². The minimum absolute atomic E-state index is 0.0492. The first kappa shape index (κ1) is 19.6. The fraction of sp³-hybridized carbons (Fsp3) is 0.500. The molecule has 1 aromatic rings. The number of methoxy groups -OCH3 is 2. The fourth-order valence-corrected chi connectivity index (χ4v) is 2.64. The van der Waals surface area contributed by atoms with Crippen LogP contribution in [0.4, 0.5) is 5.69 Å². The van der Waals surface area contributed by atoms with Gasteiger partial charge in [0, 0.05) is 19.0 Å². The number of ether oxygens (including phenoxy) is 3. The van der Waals surface area contributed by atoms with E-state index in [9.17, 15) is 14.4 Å². The second-order valence-electron chi connectivity index (χ2n) is 5.90. The van der Waals surface area contributed by atoms with E-state index in [2.05, 4.69) is 5.32 Å². The van der Waals surface area contributed by atoms with Crippen molar-refractivity contribution < 1.29 is 28.6 Å². The molecule has 2 amide bonds. The van der Waals surface area contributed by atoms with Crippen LogP contribution in [0.1, 0.15) is 25.7 Å². The van der Waals surface area contributed by atoms with Gasteiger partial charge in [-0.25, -0.2) is 0 Å². The van der Waals surface area contributed by atoms with Gasteiger partial charge >= 0.3 is 5.97 Å². The molecule has 0 radical (unpaired) electrons. The molecular weight excluding hydrogens is 340 g/mol. The van der Waals surface area contributed by atoms with Crippen molar-refractivity contribution in [2.24, 2.45) is 0 Å². The maximum absolute atomic E-state index is 12.0. The number of hydrogen-bond donors (Lipinski definition) is 1. The van der Waals surface area contributed by atoms with E-state index in [0.29, 0.717) is 30.2 Å². The van der Waals surface area contributed by atoms with Crippen LogP contribution in [0.25, 0.3) is 0 Å². The summed E-state index contributed by atoms with van der Waals surface area (Å²) in [4.78, 5) is 37.2. The summed E-state index contributed by atoms with van der Waals surface area (Å²) in [6, 6.07) is 4.94. The van der Waals surface area contributed by atoms with Crippen LogP contribution in [0.5, 0.6) is 11.5 Å². The normalized spacial score (nSPS) is 14.4. The van der Waals surface area contributed by atoms with Gasteiger partial charge in [0.25, 0.3) is 5.91 Å². The highest BCUT2D eigenvalue weighted by Gasteiger charge is 2.20. The maximum Gasteiger partial charge on any atom is 0.326 e. The number of benzene rings is 1. The van der Waals surface area contributed by atoms with E-state index in [1.54, 1.807) is 18.2 Å². The van der Waals surface area contributed by atoms with Crippen LogP contribution in [0, 0.1) is 0 Å². The number of rotatable bonds is 7. The van der Waals surface area contributed by atoms with Gasteiger partial charge in [-0.3, -0.25) is 14.4 Å². The van der Waals surface area contributed by atoms with Crippen LogP contribution in [-0.4, -0.2) is 56.6 Å². The quantitative estimate of drug-likeness (QED) is 0.739. The lowest BCUT2D eigenvalue weighted by atomic mass is 10.2. The molecule has 1 heterocycles. The van der Waals surface area contributed by atoms with Crippen molar-refractivity contribution in [2.75, 3.05) is 39.2 Å². The lowest BCUT2D eigenvalue weighted by Gasteiger charge is -2.19. The second kappa shape index (κ2) is 9.65. The van der Waals surface area contributed by atoms with Crippen molar-refractivity contribution in [3.8, 4) is 11.5 Å². The Bertz CT molecular complexity index is 661. The zero-order valence-corrected chi connectivity index (χ0v) is 15.1. The Balaban J connectivity index is 1.82. The molecule has 0 bridgehead atoms. The van der Waals surface area contributed by atoms with Crippen molar-refractivity contribution in [2.45, 2.75) is 25.7 Å². The molecule has 1 fully saturated rings. The number of anilines is 1. The topological polar surface area (TPSA) is 94.2 Å². The fourth-order valence-electron chi connectivity index (χ4n) is 2.64. The number of hydrogen-bond acceptors (Lipinski definition) is 6. The molecule has 1 saturated heterocycles. The SMILES string of the molecule is COc1ccc(NC(=O)COC(=O)CN2CCCCCC2=O)c(OC)c1. The summed E-state index contributed by atoms with van der Waals surface area (Å²) in [6.45, 7) is -0.0167. The Morgan fingerprint density at radius 1 is 1.15 bits per heavy atom. The molecule has 8 heteroatoms. The molecule has 26 heavy (non-hydrogen) atoms. The number of nitrogens with one attached hydrogen (secondary N) is 1. The summed E-state index contributed by atoms with van der Waals surface area (Å²) in [5.74, 6) is -0.124. The molecule has 0 saturated carbocycles. The number of carbonyl (C=O) groups is 3. The van der Waals surface area contributed by atoms with Gasteiger partial charge in [0.05, 0.1) is 19.9 Å². The summed E-state index contributed by atoms with van der Waals surface area (Å²) < 4.78 is 15.3. The van der Waals surface area contributed by atoms with E-state index in [4.69, 9.17) is 14.2 Å². The number of esters is 1. The molecule has 1 aliphatic heterocycles. The Kier molecular flexibility index (Phi) is 7.25. The molecule has 8 nitrogen and oxygen atoms in total. The molecule has 0 atom stereocenters. The molecule has 2 rings (SSSR count).